The van der Waals surface area contributed by atoms with Gasteiger partial charge in [-0.1, -0.05) is 35.4 Å². The van der Waals surface area contributed by atoms with Crippen LogP contribution in [0.1, 0.15) is 40.2 Å². The van der Waals surface area contributed by atoms with Gasteiger partial charge < -0.3 is 24.8 Å². The number of fused-ring (bicyclic) bond motifs is 4. The van der Waals surface area contributed by atoms with E-state index >= 15 is 4.79 Å². The Morgan fingerprint density at radius 3 is 2.14 bits per heavy atom. The third-order valence-electron chi connectivity index (χ3n) is 11.5. The van der Waals surface area contributed by atoms with Crippen molar-refractivity contribution >= 4 is 52.6 Å². The Labute approximate surface area is 323 Å². The molecule has 2 heterocycles. The number of methoxy groups -OCH3 is 2. The second-order valence-corrected chi connectivity index (χ2v) is 14.6. The lowest BCUT2D eigenvalue weighted by atomic mass is 9.49. The van der Waals surface area contributed by atoms with Crippen LogP contribution in [-0.2, 0) is 24.6 Å². The van der Waals surface area contributed by atoms with Gasteiger partial charge in [0, 0.05) is 34.7 Å². The first kappa shape index (κ1) is 36.6. The van der Waals surface area contributed by atoms with E-state index in [-0.39, 0.29) is 41.5 Å². The number of allylic oxidation sites excluding steroid dienone is 2. The number of anilines is 2. The fourth-order valence-corrected chi connectivity index (χ4v) is 9.40. The number of imide groups is 2. The second-order valence-electron chi connectivity index (χ2n) is 14.2. The van der Waals surface area contributed by atoms with Crippen LogP contribution >= 0.6 is 11.6 Å². The number of phenolic OH excluding ortho intramolecular Hbond substituents is 1. The Morgan fingerprint density at radius 1 is 0.875 bits per heavy atom. The number of hydrogen-bond donors (Lipinski definition) is 4. The summed E-state index contributed by atoms with van der Waals surface area (Å²) in [7, 11) is 2.75. The standard InChI is InChI=1S/C41H33ClFN3O10/c1-55-31-16-24(47)17-32(56-2)34(31)35-25-13-14-27-33(38(51)45(36(27)49)23-11-12-26(39(52)53)30(48)15-23)28(25)18-29-37(50)46(44-22-9-7-21(43)8-10-22)40(54)41(29,35)19-3-5-20(42)6-4-19/h3-13,15-17,27-29,33,35,44,47-48H,14,18H2,1-2H3,(H,52,53). The van der Waals surface area contributed by atoms with E-state index in [0.29, 0.717) is 21.7 Å². The molecular weight excluding hydrogens is 749 g/mol. The van der Waals surface area contributed by atoms with Gasteiger partial charge in [0.05, 0.1) is 48.8 Å². The van der Waals surface area contributed by atoms with Crippen LogP contribution in [-0.4, -0.2) is 64.1 Å². The number of nitrogens with zero attached hydrogens (tertiary/aromatic N) is 2. The number of amides is 4. The molecule has 4 aromatic rings. The maximum Gasteiger partial charge on any atom is 0.339 e. The predicted octanol–water partition coefficient (Wildman–Crippen LogP) is 5.80. The van der Waals surface area contributed by atoms with Crippen molar-refractivity contribution in [2.24, 2.45) is 23.7 Å². The monoisotopic (exact) mass is 781 g/mol. The zero-order valence-corrected chi connectivity index (χ0v) is 30.5. The van der Waals surface area contributed by atoms with E-state index in [1.54, 1.807) is 24.3 Å². The maximum atomic E-state index is 15.4. The summed E-state index contributed by atoms with van der Waals surface area (Å²) in [5.74, 6) is -10.1. The number of benzene rings is 4. The maximum absolute atomic E-state index is 15.4. The minimum atomic E-state index is -1.76. The summed E-state index contributed by atoms with van der Waals surface area (Å²) in [5.41, 5.74) is 2.19. The molecule has 4 amide bonds. The van der Waals surface area contributed by atoms with E-state index in [4.69, 9.17) is 21.1 Å². The highest BCUT2D eigenvalue weighted by Gasteiger charge is 2.71. The SMILES string of the molecule is COc1cc(O)cc(OC)c1C1C2=CCC3C(=O)N(c4ccc(C(=O)O)c(O)c4)C(=O)C3C2CC2C(=O)N(Nc3ccc(F)cc3)C(=O)C21c1ccc(Cl)cc1. The van der Waals surface area contributed by atoms with Crippen LogP contribution in [0.4, 0.5) is 15.8 Å². The fraction of sp³-hybridized carbons (Fsp3) is 0.244. The third-order valence-corrected chi connectivity index (χ3v) is 11.8. The number of ether oxygens (including phenoxy) is 2. The molecule has 0 aromatic heterocycles. The molecule has 0 spiro atoms. The van der Waals surface area contributed by atoms with Gasteiger partial charge in [-0.2, -0.15) is 5.01 Å². The molecule has 6 unspecified atom stereocenters. The van der Waals surface area contributed by atoms with Crippen LogP contribution in [0, 0.1) is 29.5 Å². The number of carbonyl (C=O) groups is 5. The van der Waals surface area contributed by atoms with Gasteiger partial charge >= 0.3 is 5.97 Å². The first-order chi connectivity index (χ1) is 26.8. The quantitative estimate of drug-likeness (QED) is 0.125. The van der Waals surface area contributed by atoms with Crippen LogP contribution in [0.25, 0.3) is 0 Å². The Kier molecular flexibility index (Phi) is 8.75. The van der Waals surface area contributed by atoms with Crippen molar-refractivity contribution in [2.75, 3.05) is 24.5 Å². The molecule has 0 bridgehead atoms. The van der Waals surface area contributed by atoms with Gasteiger partial charge in [0.25, 0.3) is 11.8 Å². The molecule has 1 saturated carbocycles. The molecule has 286 valence electrons. The van der Waals surface area contributed by atoms with E-state index in [1.807, 2.05) is 6.08 Å². The zero-order valence-electron chi connectivity index (χ0n) is 29.7. The molecule has 2 aliphatic heterocycles. The highest BCUT2D eigenvalue weighted by Crippen LogP contribution is 2.66. The Morgan fingerprint density at radius 2 is 1.54 bits per heavy atom. The summed E-state index contributed by atoms with van der Waals surface area (Å²) in [6.07, 6.45) is 1.79. The molecule has 4 N–H and O–H groups in total. The van der Waals surface area contributed by atoms with Gasteiger partial charge in [-0.05, 0) is 72.9 Å². The van der Waals surface area contributed by atoms with Crippen molar-refractivity contribution in [1.29, 1.82) is 0 Å². The second kappa shape index (κ2) is 13.4. The number of aromatic hydroxyl groups is 2. The number of rotatable bonds is 8. The van der Waals surface area contributed by atoms with E-state index < -0.39 is 81.7 Å². The molecule has 4 aliphatic rings. The lowest BCUT2D eigenvalue weighted by Crippen LogP contribution is -2.53. The first-order valence-electron chi connectivity index (χ1n) is 17.6. The number of carboxylic acid groups (broad SMARTS) is 1. The zero-order chi connectivity index (χ0) is 39.8. The number of carboxylic acids is 1. The van der Waals surface area contributed by atoms with E-state index in [1.165, 1.54) is 56.7 Å². The number of hydrogen-bond acceptors (Lipinski definition) is 10. The first-order valence-corrected chi connectivity index (χ1v) is 17.9. The summed E-state index contributed by atoms with van der Waals surface area (Å²) in [4.78, 5) is 71.6. The van der Waals surface area contributed by atoms with Gasteiger partial charge in [0.2, 0.25) is 11.8 Å². The summed E-state index contributed by atoms with van der Waals surface area (Å²) in [5, 5.41) is 31.9. The Bertz CT molecular complexity index is 2360. The molecule has 6 atom stereocenters. The molecule has 2 saturated heterocycles. The Hall–Kier alpha value is -6.41. The van der Waals surface area contributed by atoms with Crippen LogP contribution in [0.2, 0.25) is 5.02 Å². The van der Waals surface area contributed by atoms with Gasteiger partial charge in [-0.3, -0.25) is 24.6 Å². The van der Waals surface area contributed by atoms with E-state index in [9.17, 15) is 38.9 Å². The van der Waals surface area contributed by atoms with Crippen molar-refractivity contribution in [3.8, 4) is 23.0 Å². The highest BCUT2D eigenvalue weighted by molar-refractivity contribution is 6.30. The third kappa shape index (κ3) is 5.30. The molecular formula is C41H33ClFN3O10. The van der Waals surface area contributed by atoms with E-state index in [2.05, 4.69) is 5.43 Å². The largest absolute Gasteiger partial charge is 0.508 e. The van der Waals surface area contributed by atoms with Crippen molar-refractivity contribution in [3.05, 3.63) is 118 Å². The van der Waals surface area contributed by atoms with Crippen LogP contribution < -0.4 is 19.8 Å². The molecule has 8 rings (SSSR count). The highest BCUT2D eigenvalue weighted by atomic mass is 35.5. The van der Waals surface area contributed by atoms with Crippen molar-refractivity contribution in [3.63, 3.8) is 0 Å². The predicted molar refractivity (Wildman–Crippen MR) is 198 cm³/mol. The van der Waals surface area contributed by atoms with Crippen molar-refractivity contribution in [2.45, 2.75) is 24.2 Å². The number of halogens is 2. The molecule has 15 heteroatoms. The van der Waals surface area contributed by atoms with Gasteiger partial charge in [-0.15, -0.1) is 0 Å². The summed E-state index contributed by atoms with van der Waals surface area (Å²) < 4.78 is 25.6. The average molecular weight is 782 g/mol. The molecule has 13 nitrogen and oxygen atoms in total. The van der Waals surface area contributed by atoms with Crippen molar-refractivity contribution < 1.29 is 53.2 Å². The number of aromatic carboxylic acids is 1. The van der Waals surface area contributed by atoms with Gasteiger partial charge in [0.15, 0.2) is 0 Å². The number of nitrogens with one attached hydrogen (secondary N) is 1. The molecule has 56 heavy (non-hydrogen) atoms. The average Bonchev–Trinajstić information content (AvgIpc) is 3.56. The number of phenols is 2. The summed E-state index contributed by atoms with van der Waals surface area (Å²) in [6, 6.07) is 17.7. The minimum Gasteiger partial charge on any atom is -0.508 e. The normalized spacial score (nSPS) is 25.4. The topological polar surface area (TPSA) is 183 Å². The number of hydrazine groups is 1. The lowest BCUT2D eigenvalue weighted by molar-refractivity contribution is -0.138. The number of carbonyl (C=O) groups excluding carboxylic acids is 4. The fourth-order valence-electron chi connectivity index (χ4n) is 9.27. The smallest absolute Gasteiger partial charge is 0.339 e. The lowest BCUT2D eigenvalue weighted by Gasteiger charge is -2.51. The van der Waals surface area contributed by atoms with Gasteiger partial charge in [0.1, 0.15) is 34.4 Å². The summed E-state index contributed by atoms with van der Waals surface area (Å²) in [6.45, 7) is 0. The molecule has 2 aliphatic carbocycles. The van der Waals surface area contributed by atoms with E-state index in [0.717, 1.165) is 22.0 Å². The Balaban J connectivity index is 1.35. The molecule has 3 fully saturated rings. The van der Waals surface area contributed by atoms with Crippen LogP contribution in [0.3, 0.4) is 0 Å². The van der Waals surface area contributed by atoms with Crippen LogP contribution in [0.15, 0.2) is 90.5 Å². The van der Waals surface area contributed by atoms with Crippen molar-refractivity contribution in [1.82, 2.24) is 5.01 Å². The van der Waals surface area contributed by atoms with Crippen LogP contribution in [0.5, 0.6) is 23.0 Å². The molecule has 0 radical (unpaired) electrons. The summed E-state index contributed by atoms with van der Waals surface area (Å²) >= 11 is 6.37. The minimum absolute atomic E-state index is 0.0232. The molecule has 4 aromatic carbocycles. The van der Waals surface area contributed by atoms with Gasteiger partial charge in [-0.25, -0.2) is 14.1 Å².